The number of amidine groups is 1. The Hall–Kier alpha value is -1.30. The maximum atomic E-state index is 11.7. The molecule has 0 radical (unpaired) electrons. The highest BCUT2D eigenvalue weighted by atomic mass is 16.5. The molecule has 0 saturated carbocycles. The van der Waals surface area contributed by atoms with Crippen LogP contribution in [0, 0.1) is 5.92 Å². The van der Waals surface area contributed by atoms with Gasteiger partial charge in [-0.25, -0.2) is 0 Å². The van der Waals surface area contributed by atoms with Crippen molar-refractivity contribution >= 4 is 11.7 Å². The van der Waals surface area contributed by atoms with Gasteiger partial charge >= 0.3 is 0 Å². The molecule has 1 unspecified atom stereocenters. The van der Waals surface area contributed by atoms with Crippen molar-refractivity contribution in [2.24, 2.45) is 16.8 Å². The number of ether oxygens (including phenoxy) is 1. The van der Waals surface area contributed by atoms with Gasteiger partial charge in [0.2, 0.25) is 5.91 Å². The molecule has 0 aliphatic rings. The van der Waals surface area contributed by atoms with Gasteiger partial charge in [-0.3, -0.25) is 4.79 Å². The molecule has 0 rings (SSSR count). The molecular weight excluding hydrogens is 210 g/mol. The predicted molar refractivity (Wildman–Crippen MR) is 61.3 cm³/mol. The third-order valence-corrected chi connectivity index (χ3v) is 2.44. The number of carbonyl (C=O) groups is 1. The highest BCUT2D eigenvalue weighted by molar-refractivity contribution is 6.01. The van der Waals surface area contributed by atoms with Gasteiger partial charge < -0.3 is 21.0 Å². The van der Waals surface area contributed by atoms with Crippen molar-refractivity contribution in [2.75, 3.05) is 13.7 Å². The average molecular weight is 231 g/mol. The second kappa shape index (κ2) is 6.32. The molecule has 0 aromatic carbocycles. The normalized spacial score (nSPS) is 14.6. The van der Waals surface area contributed by atoms with E-state index in [-0.39, 0.29) is 11.7 Å². The summed E-state index contributed by atoms with van der Waals surface area (Å²) in [6, 6.07) is 0. The third kappa shape index (κ3) is 4.48. The second-order valence-electron chi connectivity index (χ2n) is 4.17. The SMILES string of the molecule is CCC(C(=O)NCC(C)(C)OC)C(N)=NO. The number of carbonyl (C=O) groups excluding carboxylic acids is 1. The first kappa shape index (κ1) is 14.7. The van der Waals surface area contributed by atoms with E-state index in [1.807, 2.05) is 13.8 Å². The van der Waals surface area contributed by atoms with Crippen LogP contribution in [0.1, 0.15) is 27.2 Å². The summed E-state index contributed by atoms with van der Waals surface area (Å²) in [7, 11) is 1.58. The van der Waals surface area contributed by atoms with Crippen molar-refractivity contribution in [3.8, 4) is 0 Å². The first-order chi connectivity index (χ1) is 7.37. The Morgan fingerprint density at radius 2 is 2.19 bits per heavy atom. The minimum absolute atomic E-state index is 0.0739. The van der Waals surface area contributed by atoms with E-state index >= 15 is 0 Å². The van der Waals surface area contributed by atoms with Gasteiger partial charge in [-0.2, -0.15) is 0 Å². The number of nitrogens with one attached hydrogen (secondary N) is 1. The van der Waals surface area contributed by atoms with Crippen LogP contribution in [-0.2, 0) is 9.53 Å². The van der Waals surface area contributed by atoms with E-state index < -0.39 is 11.5 Å². The van der Waals surface area contributed by atoms with Gasteiger partial charge in [-0.15, -0.1) is 0 Å². The number of hydrogen-bond donors (Lipinski definition) is 3. The number of oxime groups is 1. The second-order valence-corrected chi connectivity index (χ2v) is 4.17. The highest BCUT2D eigenvalue weighted by Crippen LogP contribution is 2.07. The van der Waals surface area contributed by atoms with Crippen LogP contribution in [0.4, 0.5) is 0 Å². The molecule has 0 heterocycles. The van der Waals surface area contributed by atoms with Crippen molar-refractivity contribution in [1.29, 1.82) is 0 Å². The highest BCUT2D eigenvalue weighted by Gasteiger charge is 2.24. The lowest BCUT2D eigenvalue weighted by molar-refractivity contribution is -0.124. The number of methoxy groups -OCH3 is 1. The molecule has 4 N–H and O–H groups in total. The fourth-order valence-electron chi connectivity index (χ4n) is 1.09. The van der Waals surface area contributed by atoms with Gasteiger partial charge in [0.25, 0.3) is 0 Å². The zero-order valence-corrected chi connectivity index (χ0v) is 10.3. The van der Waals surface area contributed by atoms with Crippen molar-refractivity contribution in [2.45, 2.75) is 32.8 Å². The summed E-state index contributed by atoms with van der Waals surface area (Å²) in [5, 5.41) is 14.1. The maximum absolute atomic E-state index is 11.7. The van der Waals surface area contributed by atoms with Crippen LogP contribution in [0.3, 0.4) is 0 Å². The van der Waals surface area contributed by atoms with Crippen molar-refractivity contribution in [3.05, 3.63) is 0 Å². The number of rotatable bonds is 6. The van der Waals surface area contributed by atoms with Crippen LogP contribution in [0.25, 0.3) is 0 Å². The lowest BCUT2D eigenvalue weighted by Crippen LogP contribution is -2.45. The summed E-state index contributed by atoms with van der Waals surface area (Å²) in [6.07, 6.45) is 0.481. The molecule has 0 aromatic heterocycles. The summed E-state index contributed by atoms with van der Waals surface area (Å²) in [5.74, 6) is -0.934. The Morgan fingerprint density at radius 3 is 2.56 bits per heavy atom. The van der Waals surface area contributed by atoms with Crippen LogP contribution in [0.5, 0.6) is 0 Å². The lowest BCUT2D eigenvalue weighted by Gasteiger charge is -2.24. The smallest absolute Gasteiger partial charge is 0.230 e. The molecule has 1 amide bonds. The number of hydrogen-bond acceptors (Lipinski definition) is 4. The van der Waals surface area contributed by atoms with Gasteiger partial charge in [0.05, 0.1) is 11.5 Å². The number of nitrogens with zero attached hydrogens (tertiary/aromatic N) is 1. The van der Waals surface area contributed by atoms with Crippen LogP contribution in [-0.4, -0.2) is 36.2 Å². The van der Waals surface area contributed by atoms with Crippen molar-refractivity contribution in [3.63, 3.8) is 0 Å². The number of nitrogens with two attached hydrogens (primary N) is 1. The van der Waals surface area contributed by atoms with E-state index in [0.29, 0.717) is 13.0 Å². The first-order valence-corrected chi connectivity index (χ1v) is 5.18. The average Bonchev–Trinajstić information content (AvgIpc) is 2.27. The summed E-state index contributed by atoms with van der Waals surface area (Å²) in [5.41, 5.74) is 4.98. The Bertz CT molecular complexity index is 264. The largest absolute Gasteiger partial charge is 0.409 e. The van der Waals surface area contributed by atoms with Gasteiger partial charge in [0.15, 0.2) is 5.84 Å². The van der Waals surface area contributed by atoms with E-state index in [4.69, 9.17) is 15.7 Å². The van der Waals surface area contributed by atoms with Crippen molar-refractivity contribution in [1.82, 2.24) is 5.32 Å². The van der Waals surface area contributed by atoms with E-state index in [2.05, 4.69) is 10.5 Å². The Labute approximate surface area is 95.8 Å². The standard InChI is InChI=1S/C10H21N3O3/c1-5-7(8(11)13-15)9(14)12-6-10(2,3)16-4/h7,15H,5-6H2,1-4H3,(H2,11,13)(H,12,14). The Balaban J connectivity index is 4.34. The van der Waals surface area contributed by atoms with Gasteiger partial charge in [-0.1, -0.05) is 12.1 Å². The van der Waals surface area contributed by atoms with Gasteiger partial charge in [-0.05, 0) is 20.3 Å². The molecule has 1 atom stereocenters. The first-order valence-electron chi connectivity index (χ1n) is 5.18. The molecular formula is C10H21N3O3. The van der Waals surface area contributed by atoms with E-state index in [1.54, 1.807) is 14.0 Å². The van der Waals surface area contributed by atoms with Crippen molar-refractivity contribution < 1.29 is 14.7 Å². The molecule has 6 heteroatoms. The quantitative estimate of drug-likeness (QED) is 0.265. The van der Waals surface area contributed by atoms with Crippen LogP contribution < -0.4 is 11.1 Å². The van der Waals surface area contributed by atoms with Gasteiger partial charge in [0.1, 0.15) is 0 Å². The molecule has 0 aromatic rings. The molecule has 0 saturated heterocycles. The Kier molecular flexibility index (Phi) is 5.81. The molecule has 6 nitrogen and oxygen atoms in total. The molecule has 0 fully saturated rings. The molecule has 16 heavy (non-hydrogen) atoms. The monoisotopic (exact) mass is 231 g/mol. The number of amides is 1. The van der Waals surface area contributed by atoms with E-state index in [0.717, 1.165) is 0 Å². The van der Waals surface area contributed by atoms with Gasteiger partial charge in [0, 0.05) is 13.7 Å². The molecule has 0 aliphatic carbocycles. The fourth-order valence-corrected chi connectivity index (χ4v) is 1.09. The van der Waals surface area contributed by atoms with Crippen LogP contribution in [0.2, 0.25) is 0 Å². The summed E-state index contributed by atoms with van der Waals surface area (Å²) in [6.45, 7) is 5.89. The third-order valence-electron chi connectivity index (χ3n) is 2.44. The molecule has 94 valence electrons. The van der Waals surface area contributed by atoms with Crippen LogP contribution in [0.15, 0.2) is 5.16 Å². The summed E-state index contributed by atoms with van der Waals surface area (Å²) >= 11 is 0. The summed E-state index contributed by atoms with van der Waals surface area (Å²) < 4.78 is 5.16. The lowest BCUT2D eigenvalue weighted by atomic mass is 10.0. The zero-order valence-electron chi connectivity index (χ0n) is 10.3. The fraction of sp³-hybridized carbons (Fsp3) is 0.800. The molecule has 0 aliphatic heterocycles. The maximum Gasteiger partial charge on any atom is 0.230 e. The molecule has 0 spiro atoms. The van der Waals surface area contributed by atoms with E-state index in [9.17, 15) is 4.79 Å². The van der Waals surface area contributed by atoms with E-state index in [1.165, 1.54) is 0 Å². The molecule has 0 bridgehead atoms. The minimum Gasteiger partial charge on any atom is -0.409 e. The predicted octanol–water partition coefficient (Wildman–Crippen LogP) is 0.300. The Morgan fingerprint density at radius 1 is 1.62 bits per heavy atom. The summed E-state index contributed by atoms with van der Waals surface area (Å²) in [4.78, 5) is 11.7. The van der Waals surface area contributed by atoms with Crippen LogP contribution >= 0.6 is 0 Å². The zero-order chi connectivity index (χ0) is 12.8. The topological polar surface area (TPSA) is 96.9 Å². The minimum atomic E-state index is -0.599.